The van der Waals surface area contributed by atoms with E-state index >= 15 is 0 Å². The van der Waals surface area contributed by atoms with Gasteiger partial charge in [0.1, 0.15) is 5.75 Å². The summed E-state index contributed by atoms with van der Waals surface area (Å²) < 4.78 is 5.39. The van der Waals surface area contributed by atoms with Crippen LogP contribution in [0.25, 0.3) is 0 Å². The Balaban J connectivity index is 2.50. The summed E-state index contributed by atoms with van der Waals surface area (Å²) >= 11 is 0. The lowest BCUT2D eigenvalue weighted by Gasteiger charge is -2.09. The van der Waals surface area contributed by atoms with Crippen molar-refractivity contribution < 1.29 is 4.74 Å². The van der Waals surface area contributed by atoms with Crippen LogP contribution in [0.15, 0.2) is 18.5 Å². The molecule has 2 N–H and O–H groups in total. The standard InChI is InChI=1S/C12H20N2O/c1-3-11(13)6-5-10-7-12(15-4-2)9-14-8-10/h7-9,11H,3-6,13H2,1-2H3. The molecule has 0 aliphatic heterocycles. The summed E-state index contributed by atoms with van der Waals surface area (Å²) in [5.41, 5.74) is 7.06. The van der Waals surface area contributed by atoms with E-state index in [0.29, 0.717) is 12.6 Å². The van der Waals surface area contributed by atoms with E-state index < -0.39 is 0 Å². The van der Waals surface area contributed by atoms with Crippen molar-refractivity contribution in [2.75, 3.05) is 6.61 Å². The van der Waals surface area contributed by atoms with E-state index in [1.54, 1.807) is 6.20 Å². The Labute approximate surface area is 91.7 Å². The monoisotopic (exact) mass is 208 g/mol. The first-order valence-electron chi connectivity index (χ1n) is 5.58. The fourth-order valence-electron chi connectivity index (χ4n) is 1.40. The molecule has 1 heterocycles. The first kappa shape index (κ1) is 12.0. The molecule has 0 bridgehead atoms. The molecule has 1 rings (SSSR count). The number of aromatic nitrogens is 1. The first-order valence-corrected chi connectivity index (χ1v) is 5.58. The zero-order chi connectivity index (χ0) is 11.1. The number of rotatable bonds is 6. The van der Waals surface area contributed by atoms with E-state index in [4.69, 9.17) is 10.5 Å². The lowest BCUT2D eigenvalue weighted by atomic mass is 10.1. The number of nitrogens with zero attached hydrogens (tertiary/aromatic N) is 1. The maximum atomic E-state index is 5.87. The van der Waals surface area contributed by atoms with Gasteiger partial charge in [-0.1, -0.05) is 6.92 Å². The summed E-state index contributed by atoms with van der Waals surface area (Å²) in [6, 6.07) is 2.33. The lowest BCUT2D eigenvalue weighted by Crippen LogP contribution is -2.19. The summed E-state index contributed by atoms with van der Waals surface area (Å²) in [4.78, 5) is 4.14. The van der Waals surface area contributed by atoms with Gasteiger partial charge in [0.25, 0.3) is 0 Å². The van der Waals surface area contributed by atoms with Crippen molar-refractivity contribution >= 4 is 0 Å². The number of hydrogen-bond donors (Lipinski definition) is 1. The third kappa shape index (κ3) is 4.30. The van der Waals surface area contributed by atoms with Crippen LogP contribution in [0.3, 0.4) is 0 Å². The Hall–Kier alpha value is -1.09. The molecule has 84 valence electrons. The summed E-state index contributed by atoms with van der Waals surface area (Å²) in [6.45, 7) is 4.76. The van der Waals surface area contributed by atoms with Crippen LogP contribution in [0, 0.1) is 0 Å². The maximum absolute atomic E-state index is 5.87. The van der Waals surface area contributed by atoms with Gasteiger partial charge in [-0.05, 0) is 37.8 Å². The van der Waals surface area contributed by atoms with Crippen molar-refractivity contribution in [1.29, 1.82) is 0 Å². The molecule has 0 spiro atoms. The first-order chi connectivity index (χ1) is 7.26. The van der Waals surface area contributed by atoms with E-state index in [9.17, 15) is 0 Å². The Bertz CT molecular complexity index is 289. The van der Waals surface area contributed by atoms with Crippen LogP contribution in [-0.2, 0) is 6.42 Å². The number of pyridine rings is 1. The van der Waals surface area contributed by atoms with Gasteiger partial charge in [-0.25, -0.2) is 0 Å². The SMILES string of the molecule is CCOc1cncc(CCC(N)CC)c1. The van der Waals surface area contributed by atoms with Gasteiger partial charge in [0.15, 0.2) is 0 Å². The van der Waals surface area contributed by atoms with Gasteiger partial charge in [-0.2, -0.15) is 0 Å². The van der Waals surface area contributed by atoms with Gasteiger partial charge in [0, 0.05) is 12.2 Å². The van der Waals surface area contributed by atoms with Crippen LogP contribution in [0.2, 0.25) is 0 Å². The summed E-state index contributed by atoms with van der Waals surface area (Å²) in [7, 11) is 0. The molecule has 3 nitrogen and oxygen atoms in total. The van der Waals surface area contributed by atoms with Crippen LogP contribution in [0.5, 0.6) is 5.75 Å². The second-order valence-electron chi connectivity index (χ2n) is 3.67. The topological polar surface area (TPSA) is 48.1 Å². The highest BCUT2D eigenvalue weighted by molar-refractivity contribution is 5.23. The smallest absolute Gasteiger partial charge is 0.137 e. The predicted molar refractivity (Wildman–Crippen MR) is 62.0 cm³/mol. The molecule has 0 saturated heterocycles. The third-order valence-corrected chi connectivity index (χ3v) is 2.41. The van der Waals surface area contributed by atoms with Crippen molar-refractivity contribution in [1.82, 2.24) is 4.98 Å². The number of aryl methyl sites for hydroxylation is 1. The van der Waals surface area contributed by atoms with Gasteiger partial charge in [0.2, 0.25) is 0 Å². The van der Waals surface area contributed by atoms with Crippen molar-refractivity contribution in [3.63, 3.8) is 0 Å². The molecular weight excluding hydrogens is 188 g/mol. The molecule has 1 atom stereocenters. The molecule has 15 heavy (non-hydrogen) atoms. The van der Waals surface area contributed by atoms with Crippen LogP contribution in [-0.4, -0.2) is 17.6 Å². The molecule has 0 aliphatic carbocycles. The summed E-state index contributed by atoms with van der Waals surface area (Å²) in [5.74, 6) is 0.847. The van der Waals surface area contributed by atoms with E-state index in [-0.39, 0.29) is 0 Å². The molecular formula is C12H20N2O. The molecule has 0 amide bonds. The van der Waals surface area contributed by atoms with Gasteiger partial charge in [-0.3, -0.25) is 4.98 Å². The molecule has 3 heteroatoms. The van der Waals surface area contributed by atoms with E-state index in [0.717, 1.165) is 25.0 Å². The minimum atomic E-state index is 0.292. The minimum absolute atomic E-state index is 0.292. The highest BCUT2D eigenvalue weighted by atomic mass is 16.5. The molecule has 0 aromatic carbocycles. The molecule has 1 aromatic rings. The number of nitrogens with two attached hydrogens (primary N) is 1. The molecule has 1 aromatic heterocycles. The number of ether oxygens (including phenoxy) is 1. The molecule has 0 saturated carbocycles. The molecule has 0 fully saturated rings. The average molecular weight is 208 g/mol. The quantitative estimate of drug-likeness (QED) is 0.779. The Morgan fingerprint density at radius 2 is 2.20 bits per heavy atom. The molecule has 0 radical (unpaired) electrons. The second-order valence-corrected chi connectivity index (χ2v) is 3.67. The Kier molecular flexibility index (Phi) is 5.12. The highest BCUT2D eigenvalue weighted by Gasteiger charge is 2.01. The summed E-state index contributed by atoms with van der Waals surface area (Å²) in [6.07, 6.45) is 6.63. The van der Waals surface area contributed by atoms with Crippen molar-refractivity contribution in [3.8, 4) is 5.75 Å². The fourth-order valence-corrected chi connectivity index (χ4v) is 1.40. The average Bonchev–Trinajstić information content (AvgIpc) is 2.27. The number of hydrogen-bond acceptors (Lipinski definition) is 3. The molecule has 1 unspecified atom stereocenters. The zero-order valence-corrected chi connectivity index (χ0v) is 9.57. The maximum Gasteiger partial charge on any atom is 0.137 e. The predicted octanol–water partition coefficient (Wildman–Crippen LogP) is 2.15. The van der Waals surface area contributed by atoms with Crippen LogP contribution in [0.1, 0.15) is 32.3 Å². The second kappa shape index (κ2) is 6.40. The highest BCUT2D eigenvalue weighted by Crippen LogP contribution is 2.13. The molecule has 0 aliphatic rings. The zero-order valence-electron chi connectivity index (χ0n) is 9.57. The van der Waals surface area contributed by atoms with Crippen LogP contribution >= 0.6 is 0 Å². The minimum Gasteiger partial charge on any atom is -0.492 e. The lowest BCUT2D eigenvalue weighted by molar-refractivity contribution is 0.338. The van der Waals surface area contributed by atoms with E-state index in [2.05, 4.69) is 11.9 Å². The van der Waals surface area contributed by atoms with Crippen molar-refractivity contribution in [3.05, 3.63) is 24.0 Å². The van der Waals surface area contributed by atoms with Gasteiger partial charge < -0.3 is 10.5 Å². The van der Waals surface area contributed by atoms with E-state index in [1.807, 2.05) is 19.2 Å². The van der Waals surface area contributed by atoms with Crippen LogP contribution < -0.4 is 10.5 Å². The van der Waals surface area contributed by atoms with Crippen molar-refractivity contribution in [2.45, 2.75) is 39.2 Å². The third-order valence-electron chi connectivity index (χ3n) is 2.41. The fraction of sp³-hybridized carbons (Fsp3) is 0.583. The normalized spacial score (nSPS) is 12.5. The Morgan fingerprint density at radius 1 is 1.40 bits per heavy atom. The van der Waals surface area contributed by atoms with E-state index in [1.165, 1.54) is 5.56 Å². The van der Waals surface area contributed by atoms with Gasteiger partial charge >= 0.3 is 0 Å². The largest absolute Gasteiger partial charge is 0.492 e. The van der Waals surface area contributed by atoms with Gasteiger partial charge in [0.05, 0.1) is 12.8 Å². The Morgan fingerprint density at radius 3 is 2.87 bits per heavy atom. The van der Waals surface area contributed by atoms with Gasteiger partial charge in [-0.15, -0.1) is 0 Å². The van der Waals surface area contributed by atoms with Crippen LogP contribution in [0.4, 0.5) is 0 Å². The van der Waals surface area contributed by atoms with Crippen molar-refractivity contribution in [2.24, 2.45) is 5.73 Å². The summed E-state index contributed by atoms with van der Waals surface area (Å²) in [5, 5.41) is 0.